The zero-order chi connectivity index (χ0) is 13.5. The van der Waals surface area contributed by atoms with E-state index in [0.717, 1.165) is 43.3 Å². The summed E-state index contributed by atoms with van der Waals surface area (Å²) in [4.78, 5) is 4.31. The number of nitrogens with zero attached hydrogens (tertiary/aromatic N) is 1. The van der Waals surface area contributed by atoms with Crippen molar-refractivity contribution in [3.8, 4) is 11.3 Å². The van der Waals surface area contributed by atoms with Gasteiger partial charge in [-0.05, 0) is 12.5 Å². The second-order valence-electron chi connectivity index (χ2n) is 4.43. The molecule has 0 aliphatic rings. The third kappa shape index (κ3) is 3.91. The van der Waals surface area contributed by atoms with Gasteiger partial charge in [-0.25, -0.2) is 4.98 Å². The van der Waals surface area contributed by atoms with Crippen LogP contribution in [0.25, 0.3) is 11.3 Å². The third-order valence-corrected chi connectivity index (χ3v) is 2.96. The number of aromatic nitrogens is 1. The molecule has 0 unspecified atom stereocenters. The van der Waals surface area contributed by atoms with Crippen molar-refractivity contribution >= 4 is 0 Å². The summed E-state index contributed by atoms with van der Waals surface area (Å²) in [5.41, 5.74) is 2.30. The van der Waals surface area contributed by atoms with Crippen molar-refractivity contribution in [2.45, 2.75) is 13.3 Å². The van der Waals surface area contributed by atoms with E-state index in [1.807, 2.05) is 12.1 Å². The van der Waals surface area contributed by atoms with Gasteiger partial charge in [-0.1, -0.05) is 24.3 Å². The Hall–Kier alpha value is -1.65. The number of benzene rings is 1. The van der Waals surface area contributed by atoms with E-state index in [-0.39, 0.29) is 0 Å². The summed E-state index contributed by atoms with van der Waals surface area (Å²) in [5, 5.41) is 3.27. The van der Waals surface area contributed by atoms with Gasteiger partial charge < -0.3 is 14.5 Å². The highest BCUT2D eigenvalue weighted by Crippen LogP contribution is 2.23. The zero-order valence-electron chi connectivity index (χ0n) is 11.5. The van der Waals surface area contributed by atoms with Crippen molar-refractivity contribution in [2.24, 2.45) is 0 Å². The Morgan fingerprint density at radius 1 is 1.26 bits per heavy atom. The largest absolute Gasteiger partial charge is 0.441 e. The molecule has 1 N–H and O–H groups in total. The highest BCUT2D eigenvalue weighted by molar-refractivity contribution is 5.60. The molecule has 1 aromatic heterocycles. The highest BCUT2D eigenvalue weighted by atomic mass is 16.5. The van der Waals surface area contributed by atoms with Gasteiger partial charge in [0.1, 0.15) is 0 Å². The topological polar surface area (TPSA) is 47.3 Å². The van der Waals surface area contributed by atoms with Crippen molar-refractivity contribution in [1.82, 2.24) is 10.3 Å². The SMILES string of the molecule is COCCNCCc1ncc(-c2ccccc2C)o1. The number of nitrogens with one attached hydrogen (secondary N) is 1. The summed E-state index contributed by atoms with van der Waals surface area (Å²) in [7, 11) is 1.70. The lowest BCUT2D eigenvalue weighted by atomic mass is 10.1. The van der Waals surface area contributed by atoms with Crippen LogP contribution in [-0.2, 0) is 11.2 Å². The molecule has 4 nitrogen and oxygen atoms in total. The highest BCUT2D eigenvalue weighted by Gasteiger charge is 2.07. The lowest BCUT2D eigenvalue weighted by Gasteiger charge is -2.02. The van der Waals surface area contributed by atoms with E-state index in [2.05, 4.69) is 29.4 Å². The molecule has 0 radical (unpaired) electrons. The van der Waals surface area contributed by atoms with E-state index in [0.29, 0.717) is 0 Å². The van der Waals surface area contributed by atoms with Crippen LogP contribution in [0.2, 0.25) is 0 Å². The molecule has 1 aromatic carbocycles. The number of oxazole rings is 1. The van der Waals surface area contributed by atoms with Crippen molar-refractivity contribution in [3.63, 3.8) is 0 Å². The van der Waals surface area contributed by atoms with Gasteiger partial charge in [-0.15, -0.1) is 0 Å². The van der Waals surface area contributed by atoms with Crippen LogP contribution in [0, 0.1) is 6.92 Å². The molecule has 1 heterocycles. The number of aryl methyl sites for hydroxylation is 1. The third-order valence-electron chi connectivity index (χ3n) is 2.96. The molecule has 0 saturated heterocycles. The maximum atomic E-state index is 5.77. The normalized spacial score (nSPS) is 10.8. The molecule has 0 aliphatic carbocycles. The molecule has 0 atom stereocenters. The van der Waals surface area contributed by atoms with E-state index >= 15 is 0 Å². The molecular weight excluding hydrogens is 240 g/mol. The Bertz CT molecular complexity index is 508. The van der Waals surface area contributed by atoms with Crippen LogP contribution >= 0.6 is 0 Å². The second-order valence-corrected chi connectivity index (χ2v) is 4.43. The van der Waals surface area contributed by atoms with Gasteiger partial charge in [0.25, 0.3) is 0 Å². The fourth-order valence-corrected chi connectivity index (χ4v) is 1.89. The van der Waals surface area contributed by atoms with Gasteiger partial charge in [0.15, 0.2) is 11.7 Å². The molecule has 4 heteroatoms. The lowest BCUT2D eigenvalue weighted by molar-refractivity contribution is 0.199. The first-order chi connectivity index (χ1) is 9.31. The molecule has 0 fully saturated rings. The molecule has 0 saturated carbocycles. The number of hydrogen-bond acceptors (Lipinski definition) is 4. The van der Waals surface area contributed by atoms with E-state index in [9.17, 15) is 0 Å². The summed E-state index contributed by atoms with van der Waals surface area (Å²) in [5.74, 6) is 1.60. The Kier molecular flexibility index (Phi) is 5.12. The Morgan fingerprint density at radius 2 is 2.11 bits per heavy atom. The summed E-state index contributed by atoms with van der Waals surface area (Å²) in [6.07, 6.45) is 2.59. The van der Waals surface area contributed by atoms with Gasteiger partial charge in [-0.2, -0.15) is 0 Å². The molecule has 19 heavy (non-hydrogen) atoms. The van der Waals surface area contributed by atoms with Crippen molar-refractivity contribution in [3.05, 3.63) is 41.9 Å². The molecule has 0 bridgehead atoms. The van der Waals surface area contributed by atoms with Crippen molar-refractivity contribution in [1.29, 1.82) is 0 Å². The predicted molar refractivity (Wildman–Crippen MR) is 75.1 cm³/mol. The number of ether oxygens (including phenoxy) is 1. The maximum Gasteiger partial charge on any atom is 0.196 e. The first-order valence-corrected chi connectivity index (χ1v) is 6.51. The lowest BCUT2D eigenvalue weighted by Crippen LogP contribution is -2.21. The average molecular weight is 260 g/mol. The number of methoxy groups -OCH3 is 1. The van der Waals surface area contributed by atoms with Crippen LogP contribution in [0.15, 0.2) is 34.9 Å². The molecule has 0 amide bonds. The minimum absolute atomic E-state index is 0.722. The zero-order valence-corrected chi connectivity index (χ0v) is 11.5. The number of hydrogen-bond donors (Lipinski definition) is 1. The summed E-state index contributed by atoms with van der Waals surface area (Å²) in [6, 6.07) is 8.16. The smallest absolute Gasteiger partial charge is 0.196 e. The van der Waals surface area contributed by atoms with E-state index in [4.69, 9.17) is 9.15 Å². The fraction of sp³-hybridized carbons (Fsp3) is 0.400. The maximum absolute atomic E-state index is 5.77. The molecular formula is C15H20N2O2. The van der Waals surface area contributed by atoms with Crippen LogP contribution < -0.4 is 5.32 Å². The minimum atomic E-state index is 0.722. The van der Waals surface area contributed by atoms with Gasteiger partial charge in [-0.3, -0.25) is 0 Å². The van der Waals surface area contributed by atoms with Crippen LogP contribution in [0.5, 0.6) is 0 Å². The van der Waals surface area contributed by atoms with Gasteiger partial charge in [0.2, 0.25) is 0 Å². The first-order valence-electron chi connectivity index (χ1n) is 6.51. The van der Waals surface area contributed by atoms with E-state index in [1.165, 1.54) is 5.56 Å². The Balaban J connectivity index is 1.91. The molecule has 0 spiro atoms. The van der Waals surface area contributed by atoms with Crippen LogP contribution in [-0.4, -0.2) is 31.8 Å². The standard InChI is InChI=1S/C15H20N2O2/c1-12-5-3-4-6-13(12)14-11-17-15(19-14)7-8-16-9-10-18-2/h3-6,11,16H,7-10H2,1-2H3. The van der Waals surface area contributed by atoms with Crippen molar-refractivity contribution < 1.29 is 9.15 Å². The molecule has 0 aliphatic heterocycles. The van der Waals surface area contributed by atoms with Gasteiger partial charge >= 0.3 is 0 Å². The van der Waals surface area contributed by atoms with E-state index < -0.39 is 0 Å². The van der Waals surface area contributed by atoms with Crippen molar-refractivity contribution in [2.75, 3.05) is 26.8 Å². The number of rotatable bonds is 7. The summed E-state index contributed by atoms with van der Waals surface area (Å²) >= 11 is 0. The summed E-state index contributed by atoms with van der Waals surface area (Å²) < 4.78 is 10.7. The van der Waals surface area contributed by atoms with E-state index in [1.54, 1.807) is 13.3 Å². The second kappa shape index (κ2) is 7.07. The summed E-state index contributed by atoms with van der Waals surface area (Å²) in [6.45, 7) is 4.49. The fourth-order valence-electron chi connectivity index (χ4n) is 1.89. The quantitative estimate of drug-likeness (QED) is 0.777. The minimum Gasteiger partial charge on any atom is -0.441 e. The van der Waals surface area contributed by atoms with Gasteiger partial charge in [0.05, 0.1) is 12.8 Å². The first kappa shape index (κ1) is 13.8. The molecule has 2 aromatic rings. The van der Waals surface area contributed by atoms with Crippen LogP contribution in [0.4, 0.5) is 0 Å². The predicted octanol–water partition coefficient (Wildman–Crippen LogP) is 2.43. The van der Waals surface area contributed by atoms with Crippen LogP contribution in [0.1, 0.15) is 11.5 Å². The van der Waals surface area contributed by atoms with Gasteiger partial charge in [0, 0.05) is 32.2 Å². The average Bonchev–Trinajstić information content (AvgIpc) is 2.88. The monoisotopic (exact) mass is 260 g/mol. The Labute approximate surface area is 113 Å². The van der Waals surface area contributed by atoms with Crippen LogP contribution in [0.3, 0.4) is 0 Å². The molecule has 2 rings (SSSR count). The Morgan fingerprint density at radius 3 is 2.89 bits per heavy atom. The molecule has 102 valence electrons.